The Balaban J connectivity index is 1.83. The van der Waals surface area contributed by atoms with Crippen molar-refractivity contribution in [3.63, 3.8) is 0 Å². The van der Waals surface area contributed by atoms with Crippen LogP contribution in [0.3, 0.4) is 0 Å². The van der Waals surface area contributed by atoms with Crippen molar-refractivity contribution in [1.82, 2.24) is 15.0 Å². The first-order valence-electron chi connectivity index (χ1n) is 7.32. The fourth-order valence-corrected chi connectivity index (χ4v) is 2.34. The van der Waals surface area contributed by atoms with Crippen LogP contribution in [-0.4, -0.2) is 27.6 Å². The van der Waals surface area contributed by atoms with E-state index in [0.29, 0.717) is 25.0 Å². The lowest BCUT2D eigenvalue weighted by Crippen LogP contribution is -2.23. The molecule has 1 unspecified atom stereocenters. The number of aromatic nitrogens is 3. The minimum absolute atomic E-state index is 0.0760. The van der Waals surface area contributed by atoms with E-state index >= 15 is 0 Å². The summed E-state index contributed by atoms with van der Waals surface area (Å²) in [5, 5.41) is 3.17. The lowest BCUT2D eigenvalue weighted by atomic mass is 10.1. The molecular weight excluding hydrogens is 278 g/mol. The summed E-state index contributed by atoms with van der Waals surface area (Å²) < 4.78 is 5.76. The monoisotopic (exact) mass is 301 g/mol. The van der Waals surface area contributed by atoms with Crippen molar-refractivity contribution in [2.24, 2.45) is 0 Å². The van der Waals surface area contributed by atoms with Gasteiger partial charge in [-0.05, 0) is 33.3 Å². The fraction of sp³-hybridized carbons (Fsp3) is 0.438. The highest BCUT2D eigenvalue weighted by molar-refractivity contribution is 5.31. The predicted octanol–water partition coefficient (Wildman–Crippen LogP) is 2.40. The van der Waals surface area contributed by atoms with Crippen molar-refractivity contribution in [3.05, 3.63) is 40.7 Å². The zero-order valence-corrected chi connectivity index (χ0v) is 13.6. The van der Waals surface area contributed by atoms with Crippen molar-refractivity contribution in [1.29, 1.82) is 0 Å². The molecule has 3 N–H and O–H groups in total. The first-order valence-corrected chi connectivity index (χ1v) is 7.32. The fourth-order valence-electron chi connectivity index (χ4n) is 2.34. The molecule has 118 valence electrons. The molecule has 1 atom stereocenters. The number of rotatable bonds is 6. The van der Waals surface area contributed by atoms with Crippen LogP contribution >= 0.6 is 0 Å². The molecule has 0 aliphatic rings. The van der Waals surface area contributed by atoms with Gasteiger partial charge in [0.1, 0.15) is 5.82 Å². The van der Waals surface area contributed by atoms with E-state index in [4.69, 9.17) is 10.5 Å². The molecule has 0 bridgehead atoms. The highest BCUT2D eigenvalue weighted by Crippen LogP contribution is 2.10. The maximum absolute atomic E-state index is 5.76. The van der Waals surface area contributed by atoms with Gasteiger partial charge < -0.3 is 15.8 Å². The van der Waals surface area contributed by atoms with Crippen LogP contribution in [0.25, 0.3) is 0 Å². The molecule has 0 saturated heterocycles. The molecule has 0 aliphatic heterocycles. The maximum atomic E-state index is 5.76. The van der Waals surface area contributed by atoms with Gasteiger partial charge in [0, 0.05) is 6.04 Å². The van der Waals surface area contributed by atoms with E-state index in [1.807, 2.05) is 6.92 Å². The summed E-state index contributed by atoms with van der Waals surface area (Å²) in [6.07, 6.45) is 0. The molecule has 6 heteroatoms. The van der Waals surface area contributed by atoms with Gasteiger partial charge in [-0.2, -0.15) is 15.0 Å². The van der Waals surface area contributed by atoms with Gasteiger partial charge in [0.2, 0.25) is 11.9 Å². The lowest BCUT2D eigenvalue weighted by Gasteiger charge is -2.15. The number of nitrogen functional groups attached to an aromatic ring is 1. The molecule has 1 aromatic heterocycles. The highest BCUT2D eigenvalue weighted by Gasteiger charge is 2.07. The van der Waals surface area contributed by atoms with Gasteiger partial charge in [-0.3, -0.25) is 0 Å². The Bertz CT molecular complexity index is 604. The molecule has 6 nitrogen and oxygen atoms in total. The van der Waals surface area contributed by atoms with Crippen LogP contribution in [-0.2, 0) is 11.3 Å². The summed E-state index contributed by atoms with van der Waals surface area (Å²) in [6.45, 7) is 9.12. The number of nitrogens with zero attached hydrogens (tertiary/aromatic N) is 3. The summed E-state index contributed by atoms with van der Waals surface area (Å²) in [5.74, 6) is 1.30. The van der Waals surface area contributed by atoms with E-state index in [1.54, 1.807) is 6.92 Å². The zero-order valence-electron chi connectivity index (χ0n) is 13.6. The molecule has 2 rings (SSSR count). The number of benzene rings is 1. The molecule has 1 heterocycles. The van der Waals surface area contributed by atoms with E-state index in [-0.39, 0.29) is 12.0 Å². The van der Waals surface area contributed by atoms with E-state index in [2.05, 4.69) is 52.3 Å². The van der Waals surface area contributed by atoms with Crippen LogP contribution in [0.5, 0.6) is 0 Å². The van der Waals surface area contributed by atoms with Crippen LogP contribution < -0.4 is 11.1 Å². The van der Waals surface area contributed by atoms with Crippen LogP contribution in [0, 0.1) is 20.8 Å². The topological polar surface area (TPSA) is 86.0 Å². The molecule has 0 saturated carbocycles. The summed E-state index contributed by atoms with van der Waals surface area (Å²) >= 11 is 0. The molecule has 0 fully saturated rings. The van der Waals surface area contributed by atoms with Gasteiger partial charge in [-0.25, -0.2) is 0 Å². The number of nitrogens with one attached hydrogen (secondary N) is 1. The molecule has 0 aliphatic carbocycles. The Morgan fingerprint density at radius 1 is 1.09 bits per heavy atom. The van der Waals surface area contributed by atoms with Gasteiger partial charge in [0.15, 0.2) is 0 Å². The van der Waals surface area contributed by atoms with Gasteiger partial charge in [0.05, 0.1) is 13.2 Å². The van der Waals surface area contributed by atoms with E-state index in [1.165, 1.54) is 16.7 Å². The van der Waals surface area contributed by atoms with E-state index < -0.39 is 0 Å². The van der Waals surface area contributed by atoms with Gasteiger partial charge >= 0.3 is 0 Å². The van der Waals surface area contributed by atoms with Crippen molar-refractivity contribution in [2.45, 2.75) is 40.3 Å². The minimum atomic E-state index is 0.0760. The molecule has 22 heavy (non-hydrogen) atoms. The van der Waals surface area contributed by atoms with Crippen LogP contribution in [0.2, 0.25) is 0 Å². The smallest absolute Gasteiger partial charge is 0.228 e. The summed E-state index contributed by atoms with van der Waals surface area (Å²) in [5.41, 5.74) is 9.29. The quantitative estimate of drug-likeness (QED) is 0.852. The Morgan fingerprint density at radius 2 is 1.77 bits per heavy atom. The molecule has 2 aromatic rings. The Hall–Kier alpha value is -2.21. The number of anilines is 2. The third-order valence-electron chi connectivity index (χ3n) is 3.06. The van der Waals surface area contributed by atoms with Crippen molar-refractivity contribution >= 4 is 11.9 Å². The molecule has 0 amide bonds. The second-order valence-corrected chi connectivity index (χ2v) is 5.62. The van der Waals surface area contributed by atoms with E-state index in [9.17, 15) is 0 Å². The van der Waals surface area contributed by atoms with Crippen molar-refractivity contribution < 1.29 is 4.74 Å². The van der Waals surface area contributed by atoms with Crippen molar-refractivity contribution in [2.75, 3.05) is 17.7 Å². The molecule has 0 spiro atoms. The zero-order chi connectivity index (χ0) is 16.1. The summed E-state index contributed by atoms with van der Waals surface area (Å²) in [4.78, 5) is 12.2. The third-order valence-corrected chi connectivity index (χ3v) is 3.06. The summed E-state index contributed by atoms with van der Waals surface area (Å²) in [7, 11) is 0. The third kappa shape index (κ3) is 4.96. The predicted molar refractivity (Wildman–Crippen MR) is 87.6 cm³/mol. The van der Waals surface area contributed by atoms with Crippen LogP contribution in [0.4, 0.5) is 11.9 Å². The second-order valence-electron chi connectivity index (χ2n) is 5.62. The highest BCUT2D eigenvalue weighted by atomic mass is 16.5. The second kappa shape index (κ2) is 7.17. The molecule has 0 radical (unpaired) electrons. The molecule has 1 aromatic carbocycles. The normalized spacial score (nSPS) is 12.2. The van der Waals surface area contributed by atoms with Crippen molar-refractivity contribution in [3.8, 4) is 0 Å². The Morgan fingerprint density at radius 3 is 2.41 bits per heavy atom. The standard InChI is InChI=1S/C16H23N5O/c1-10-5-11(2)7-14(6-10)9-22-8-12(3)18-16-20-13(4)19-15(17)21-16/h5-7,12H,8-9H2,1-4H3,(H3,17,18,19,20,21). The number of aryl methyl sites for hydroxylation is 3. The first kappa shape index (κ1) is 16.2. The van der Waals surface area contributed by atoms with Crippen LogP contribution in [0.15, 0.2) is 18.2 Å². The SMILES string of the molecule is Cc1cc(C)cc(COCC(C)Nc2nc(C)nc(N)n2)c1. The average molecular weight is 301 g/mol. The van der Waals surface area contributed by atoms with E-state index in [0.717, 1.165) is 0 Å². The summed E-state index contributed by atoms with van der Waals surface area (Å²) in [6, 6.07) is 6.51. The average Bonchev–Trinajstić information content (AvgIpc) is 2.35. The number of hydrogen-bond acceptors (Lipinski definition) is 6. The Labute approximate surface area is 131 Å². The maximum Gasteiger partial charge on any atom is 0.228 e. The van der Waals surface area contributed by atoms with Gasteiger partial charge in [-0.15, -0.1) is 0 Å². The first-order chi connectivity index (χ1) is 10.4. The minimum Gasteiger partial charge on any atom is -0.375 e. The number of hydrogen-bond donors (Lipinski definition) is 2. The Kier molecular flexibility index (Phi) is 5.27. The molecular formula is C16H23N5O. The largest absolute Gasteiger partial charge is 0.375 e. The van der Waals surface area contributed by atoms with Gasteiger partial charge in [0.25, 0.3) is 0 Å². The lowest BCUT2D eigenvalue weighted by molar-refractivity contribution is 0.115. The van der Waals surface area contributed by atoms with Crippen LogP contribution in [0.1, 0.15) is 29.4 Å². The number of nitrogens with two attached hydrogens (primary N) is 1. The number of ether oxygens (including phenoxy) is 1. The van der Waals surface area contributed by atoms with Gasteiger partial charge in [-0.1, -0.05) is 29.3 Å².